The Morgan fingerprint density at radius 1 is 1.42 bits per heavy atom. The van der Waals surface area contributed by atoms with Crippen LogP contribution in [0.5, 0.6) is 0 Å². The minimum atomic E-state index is -1.73. The van der Waals surface area contributed by atoms with Gasteiger partial charge in [0, 0.05) is 0 Å². The van der Waals surface area contributed by atoms with Crippen molar-refractivity contribution in [2.45, 2.75) is 26.6 Å². The minimum Gasteiger partial charge on any atom is -0.517 e. The van der Waals surface area contributed by atoms with E-state index in [9.17, 15) is 4.79 Å². The van der Waals surface area contributed by atoms with Crippen molar-refractivity contribution in [3.05, 3.63) is 12.3 Å². The molecular weight excluding hydrogens is 172 g/mol. The maximum absolute atomic E-state index is 11.0. The Kier molecular flexibility index (Phi) is 4.66. The van der Waals surface area contributed by atoms with Crippen molar-refractivity contribution >= 4 is 14.3 Å². The highest BCUT2D eigenvalue weighted by molar-refractivity contribution is 6.71. The monoisotopic (exact) mass is 188 g/mol. The van der Waals surface area contributed by atoms with Gasteiger partial charge in [-0.1, -0.05) is 6.08 Å². The molecule has 0 bridgehead atoms. The number of hydrogen-bond donors (Lipinski definition) is 0. The van der Waals surface area contributed by atoms with Crippen LogP contribution in [0, 0.1) is 0 Å². The standard InChI is InChI=1S/C8H16O3Si/c1-5-6-10-7-8(9)11-12(2,3)4/h5-6H,7H2,1-4H3/b6-5+. The van der Waals surface area contributed by atoms with Crippen LogP contribution in [0.25, 0.3) is 0 Å². The molecule has 0 aliphatic rings. The molecule has 0 radical (unpaired) electrons. The maximum atomic E-state index is 11.0. The Balaban J connectivity index is 3.61. The molecule has 0 unspecified atom stereocenters. The maximum Gasteiger partial charge on any atom is 0.330 e. The zero-order valence-electron chi connectivity index (χ0n) is 8.09. The van der Waals surface area contributed by atoms with Gasteiger partial charge in [0.15, 0.2) is 6.61 Å². The van der Waals surface area contributed by atoms with Crippen LogP contribution in [0.2, 0.25) is 19.6 Å². The van der Waals surface area contributed by atoms with Crippen LogP contribution in [-0.2, 0) is 14.0 Å². The summed E-state index contributed by atoms with van der Waals surface area (Å²) in [6.45, 7) is 7.71. The fraction of sp³-hybridized carbons (Fsp3) is 0.625. The van der Waals surface area contributed by atoms with E-state index in [4.69, 9.17) is 9.16 Å². The number of carbonyl (C=O) groups excluding carboxylic acids is 1. The number of ether oxygens (including phenoxy) is 1. The van der Waals surface area contributed by atoms with E-state index in [2.05, 4.69) is 0 Å². The Labute approximate surface area is 74.5 Å². The molecule has 0 rings (SSSR count). The highest BCUT2D eigenvalue weighted by Crippen LogP contribution is 2.02. The Morgan fingerprint density at radius 2 is 2.00 bits per heavy atom. The van der Waals surface area contributed by atoms with E-state index in [1.54, 1.807) is 6.08 Å². The quantitative estimate of drug-likeness (QED) is 0.499. The van der Waals surface area contributed by atoms with E-state index in [0.29, 0.717) is 0 Å². The molecule has 0 atom stereocenters. The zero-order valence-corrected chi connectivity index (χ0v) is 9.09. The van der Waals surface area contributed by atoms with Crippen LogP contribution >= 0.6 is 0 Å². The third kappa shape index (κ3) is 7.34. The van der Waals surface area contributed by atoms with Gasteiger partial charge >= 0.3 is 5.97 Å². The molecule has 12 heavy (non-hydrogen) atoms. The summed E-state index contributed by atoms with van der Waals surface area (Å²) in [4.78, 5) is 11.0. The van der Waals surface area contributed by atoms with E-state index < -0.39 is 8.32 Å². The van der Waals surface area contributed by atoms with Crippen LogP contribution in [0.15, 0.2) is 12.3 Å². The molecule has 3 nitrogen and oxygen atoms in total. The summed E-state index contributed by atoms with van der Waals surface area (Å²) in [7, 11) is -1.73. The van der Waals surface area contributed by atoms with E-state index >= 15 is 0 Å². The highest BCUT2D eigenvalue weighted by atomic mass is 28.4. The van der Waals surface area contributed by atoms with Crippen LogP contribution in [-0.4, -0.2) is 20.9 Å². The van der Waals surface area contributed by atoms with E-state index in [0.717, 1.165) is 0 Å². The molecule has 0 aromatic rings. The van der Waals surface area contributed by atoms with Gasteiger partial charge in [-0.15, -0.1) is 0 Å². The van der Waals surface area contributed by atoms with Crippen molar-refractivity contribution in [3.8, 4) is 0 Å². The smallest absolute Gasteiger partial charge is 0.330 e. The van der Waals surface area contributed by atoms with Crippen LogP contribution in [0.3, 0.4) is 0 Å². The molecule has 4 heteroatoms. The molecule has 0 aliphatic heterocycles. The predicted molar refractivity (Wildman–Crippen MR) is 50.2 cm³/mol. The first-order valence-corrected chi connectivity index (χ1v) is 7.31. The normalized spacial score (nSPS) is 11.7. The average molecular weight is 188 g/mol. The third-order valence-electron chi connectivity index (χ3n) is 0.854. The van der Waals surface area contributed by atoms with Gasteiger partial charge in [0.1, 0.15) is 0 Å². The number of rotatable bonds is 4. The van der Waals surface area contributed by atoms with Crippen molar-refractivity contribution in [1.82, 2.24) is 0 Å². The molecule has 0 aliphatic carbocycles. The SMILES string of the molecule is C/C=C/OCC(=O)O[Si](C)(C)C. The van der Waals surface area contributed by atoms with Gasteiger partial charge < -0.3 is 9.16 Å². The van der Waals surface area contributed by atoms with Crippen LogP contribution < -0.4 is 0 Å². The van der Waals surface area contributed by atoms with E-state index in [1.165, 1.54) is 6.26 Å². The number of hydrogen-bond acceptors (Lipinski definition) is 3. The van der Waals surface area contributed by atoms with Gasteiger partial charge in [0.25, 0.3) is 0 Å². The first kappa shape index (κ1) is 11.2. The summed E-state index contributed by atoms with van der Waals surface area (Å²) in [5, 5.41) is 0. The van der Waals surface area contributed by atoms with Gasteiger partial charge in [-0.2, -0.15) is 0 Å². The van der Waals surface area contributed by atoms with Crippen molar-refractivity contribution in [3.63, 3.8) is 0 Å². The lowest BCUT2D eigenvalue weighted by Crippen LogP contribution is -2.30. The first-order valence-electron chi connectivity index (χ1n) is 3.90. The summed E-state index contributed by atoms with van der Waals surface area (Å²) < 4.78 is 9.98. The van der Waals surface area contributed by atoms with Gasteiger partial charge in [-0.25, -0.2) is 4.79 Å². The molecule has 0 saturated heterocycles. The summed E-state index contributed by atoms with van der Waals surface area (Å²) in [6, 6.07) is 0. The lowest BCUT2D eigenvalue weighted by atomic mass is 10.7. The fourth-order valence-corrected chi connectivity index (χ4v) is 1.33. The van der Waals surface area contributed by atoms with Crippen molar-refractivity contribution in [2.24, 2.45) is 0 Å². The molecule has 0 aromatic carbocycles. The van der Waals surface area contributed by atoms with Gasteiger partial charge in [-0.05, 0) is 26.6 Å². The van der Waals surface area contributed by atoms with E-state index in [-0.39, 0.29) is 12.6 Å². The number of carbonyl (C=O) groups is 1. The lowest BCUT2D eigenvalue weighted by molar-refractivity contribution is -0.138. The molecule has 0 aromatic heterocycles. The first-order chi connectivity index (χ1) is 5.45. The van der Waals surface area contributed by atoms with Crippen molar-refractivity contribution in [2.75, 3.05) is 6.61 Å². The molecule has 70 valence electrons. The van der Waals surface area contributed by atoms with Gasteiger partial charge in [0.05, 0.1) is 6.26 Å². The molecule has 0 heterocycles. The third-order valence-corrected chi connectivity index (χ3v) is 1.69. The molecule has 0 amide bonds. The van der Waals surface area contributed by atoms with Crippen LogP contribution in [0.1, 0.15) is 6.92 Å². The topological polar surface area (TPSA) is 35.5 Å². The second-order valence-corrected chi connectivity index (χ2v) is 7.80. The Hall–Kier alpha value is -0.773. The predicted octanol–water partition coefficient (Wildman–Crippen LogP) is 1.91. The van der Waals surface area contributed by atoms with Gasteiger partial charge in [0.2, 0.25) is 8.32 Å². The molecule has 0 fully saturated rings. The summed E-state index contributed by atoms with van der Waals surface area (Å²) >= 11 is 0. The Bertz CT molecular complexity index is 170. The second-order valence-electron chi connectivity index (χ2n) is 3.37. The molecule has 0 N–H and O–H groups in total. The fourth-order valence-electron chi connectivity index (χ4n) is 0.583. The largest absolute Gasteiger partial charge is 0.517 e. The molecule has 0 saturated carbocycles. The van der Waals surface area contributed by atoms with Crippen LogP contribution in [0.4, 0.5) is 0 Å². The lowest BCUT2D eigenvalue weighted by Gasteiger charge is -2.16. The second kappa shape index (κ2) is 4.98. The van der Waals surface area contributed by atoms with Crippen molar-refractivity contribution in [1.29, 1.82) is 0 Å². The highest BCUT2D eigenvalue weighted by Gasteiger charge is 2.19. The Morgan fingerprint density at radius 3 is 2.42 bits per heavy atom. The number of allylic oxidation sites excluding steroid dienone is 1. The minimum absolute atomic E-state index is 0.00854. The average Bonchev–Trinajstić information content (AvgIpc) is 1.84. The van der Waals surface area contributed by atoms with E-state index in [1.807, 2.05) is 26.6 Å². The summed E-state index contributed by atoms with van der Waals surface area (Å²) in [6.07, 6.45) is 3.20. The van der Waals surface area contributed by atoms with Crippen molar-refractivity contribution < 1.29 is 14.0 Å². The molecule has 0 spiro atoms. The zero-order chi connectivity index (χ0) is 9.61. The summed E-state index contributed by atoms with van der Waals surface area (Å²) in [5.41, 5.74) is 0. The summed E-state index contributed by atoms with van der Waals surface area (Å²) in [5.74, 6) is -0.285. The molecular formula is C8H16O3Si. The van der Waals surface area contributed by atoms with Gasteiger partial charge in [-0.3, -0.25) is 0 Å².